The average Bonchev–Trinajstić information content (AvgIpc) is 2.68. The summed E-state index contributed by atoms with van der Waals surface area (Å²) in [7, 11) is 0. The monoisotopic (exact) mass is 287 g/mol. The van der Waals surface area contributed by atoms with E-state index < -0.39 is 11.7 Å². The fourth-order valence-electron chi connectivity index (χ4n) is 2.86. The van der Waals surface area contributed by atoms with E-state index in [1.165, 1.54) is 18.9 Å². The number of pyridine rings is 1. The van der Waals surface area contributed by atoms with Gasteiger partial charge in [-0.1, -0.05) is 25.7 Å². The summed E-state index contributed by atoms with van der Waals surface area (Å²) in [6, 6.07) is 2.33. The first-order valence-corrected chi connectivity index (χ1v) is 7.01. The fraction of sp³-hybridized carbons (Fsp3) is 0.643. The van der Waals surface area contributed by atoms with E-state index in [-0.39, 0.29) is 6.04 Å². The SMILES string of the molecule is NNC(c1ccc(C(F)(F)F)cn1)C1CCCCCC1. The van der Waals surface area contributed by atoms with Gasteiger partial charge in [-0.2, -0.15) is 13.2 Å². The second-order valence-electron chi connectivity index (χ2n) is 5.37. The van der Waals surface area contributed by atoms with Gasteiger partial charge in [-0.3, -0.25) is 16.3 Å². The predicted molar refractivity (Wildman–Crippen MR) is 70.5 cm³/mol. The molecule has 112 valence electrons. The maximum Gasteiger partial charge on any atom is 0.417 e. The molecule has 1 heterocycles. The Morgan fingerprint density at radius 1 is 1.15 bits per heavy atom. The van der Waals surface area contributed by atoms with Crippen molar-refractivity contribution in [3.8, 4) is 0 Å². The highest BCUT2D eigenvalue weighted by molar-refractivity contribution is 5.19. The molecule has 0 spiro atoms. The minimum Gasteiger partial charge on any atom is -0.271 e. The number of alkyl halides is 3. The third-order valence-corrected chi connectivity index (χ3v) is 3.98. The van der Waals surface area contributed by atoms with Crippen LogP contribution in [0, 0.1) is 5.92 Å². The van der Waals surface area contributed by atoms with Gasteiger partial charge >= 0.3 is 6.18 Å². The minimum absolute atomic E-state index is 0.171. The molecule has 1 fully saturated rings. The molecule has 1 unspecified atom stereocenters. The lowest BCUT2D eigenvalue weighted by atomic mass is 9.90. The van der Waals surface area contributed by atoms with Crippen LogP contribution >= 0.6 is 0 Å². The highest BCUT2D eigenvalue weighted by Crippen LogP contribution is 2.34. The van der Waals surface area contributed by atoms with Gasteiger partial charge in [0.15, 0.2) is 0 Å². The van der Waals surface area contributed by atoms with Crippen LogP contribution in [0.4, 0.5) is 13.2 Å². The van der Waals surface area contributed by atoms with Crippen molar-refractivity contribution in [3.63, 3.8) is 0 Å². The van der Waals surface area contributed by atoms with Gasteiger partial charge in [-0.15, -0.1) is 0 Å². The minimum atomic E-state index is -4.35. The van der Waals surface area contributed by atoms with Crippen molar-refractivity contribution in [1.29, 1.82) is 0 Å². The first-order chi connectivity index (χ1) is 9.52. The van der Waals surface area contributed by atoms with Gasteiger partial charge in [0.2, 0.25) is 0 Å². The molecular formula is C14H20F3N3. The summed E-state index contributed by atoms with van der Waals surface area (Å²) in [5.74, 6) is 5.94. The van der Waals surface area contributed by atoms with Crippen molar-refractivity contribution < 1.29 is 13.2 Å². The second kappa shape index (κ2) is 6.54. The maximum atomic E-state index is 12.5. The lowest BCUT2D eigenvalue weighted by Gasteiger charge is -2.25. The average molecular weight is 287 g/mol. The molecule has 1 aromatic rings. The maximum absolute atomic E-state index is 12.5. The molecule has 0 bridgehead atoms. The number of rotatable bonds is 3. The summed E-state index contributed by atoms with van der Waals surface area (Å²) >= 11 is 0. The van der Waals surface area contributed by atoms with Crippen molar-refractivity contribution in [2.24, 2.45) is 11.8 Å². The fourth-order valence-corrected chi connectivity index (χ4v) is 2.86. The zero-order valence-electron chi connectivity index (χ0n) is 11.3. The third-order valence-electron chi connectivity index (χ3n) is 3.98. The van der Waals surface area contributed by atoms with E-state index >= 15 is 0 Å². The van der Waals surface area contributed by atoms with Crippen molar-refractivity contribution in [3.05, 3.63) is 29.6 Å². The Bertz CT molecular complexity index is 409. The molecule has 0 aromatic carbocycles. The van der Waals surface area contributed by atoms with Gasteiger partial charge < -0.3 is 0 Å². The molecule has 0 amide bonds. The van der Waals surface area contributed by atoms with Gasteiger partial charge in [0.25, 0.3) is 0 Å². The Morgan fingerprint density at radius 3 is 2.25 bits per heavy atom. The Kier molecular flexibility index (Phi) is 4.99. The van der Waals surface area contributed by atoms with Crippen LogP contribution in [-0.4, -0.2) is 4.98 Å². The van der Waals surface area contributed by atoms with Crippen LogP contribution in [0.5, 0.6) is 0 Å². The number of aromatic nitrogens is 1. The van der Waals surface area contributed by atoms with E-state index in [2.05, 4.69) is 10.4 Å². The van der Waals surface area contributed by atoms with Gasteiger partial charge in [0.05, 0.1) is 17.3 Å². The first kappa shape index (κ1) is 15.3. The third kappa shape index (κ3) is 3.70. The predicted octanol–water partition coefficient (Wildman–Crippen LogP) is 3.58. The zero-order chi connectivity index (χ0) is 14.6. The van der Waals surface area contributed by atoms with Crippen LogP contribution in [0.25, 0.3) is 0 Å². The summed E-state index contributed by atoms with van der Waals surface area (Å²) < 4.78 is 37.6. The van der Waals surface area contributed by atoms with Gasteiger partial charge in [-0.25, -0.2) is 0 Å². The van der Waals surface area contributed by atoms with Crippen LogP contribution < -0.4 is 11.3 Å². The topological polar surface area (TPSA) is 50.9 Å². The van der Waals surface area contributed by atoms with E-state index in [4.69, 9.17) is 5.84 Å². The number of hydrazine groups is 1. The van der Waals surface area contributed by atoms with Crippen molar-refractivity contribution in [1.82, 2.24) is 10.4 Å². The highest BCUT2D eigenvalue weighted by Gasteiger charge is 2.31. The van der Waals surface area contributed by atoms with E-state index in [0.29, 0.717) is 11.6 Å². The quantitative estimate of drug-likeness (QED) is 0.507. The Labute approximate surface area is 116 Å². The van der Waals surface area contributed by atoms with Gasteiger partial charge in [0.1, 0.15) is 0 Å². The van der Waals surface area contributed by atoms with Crippen LogP contribution in [0.3, 0.4) is 0 Å². The molecule has 3 nitrogen and oxygen atoms in total. The van der Waals surface area contributed by atoms with Gasteiger partial charge in [0, 0.05) is 6.20 Å². The summed E-state index contributed by atoms with van der Waals surface area (Å²) in [6.07, 6.45) is 3.33. The summed E-state index contributed by atoms with van der Waals surface area (Å²) in [5.41, 5.74) is 2.60. The standard InChI is InChI=1S/C14H20F3N3/c15-14(16,17)11-7-8-12(19-9-11)13(20-18)10-5-3-1-2-4-6-10/h7-10,13,20H,1-6,18H2. The molecule has 20 heavy (non-hydrogen) atoms. The number of nitrogens with zero attached hydrogens (tertiary/aromatic N) is 1. The molecule has 1 saturated carbocycles. The Hall–Kier alpha value is -1.14. The Balaban J connectivity index is 2.14. The molecular weight excluding hydrogens is 267 g/mol. The van der Waals surface area contributed by atoms with E-state index in [0.717, 1.165) is 37.9 Å². The van der Waals surface area contributed by atoms with Crippen molar-refractivity contribution in [2.45, 2.75) is 50.7 Å². The molecule has 6 heteroatoms. The van der Waals surface area contributed by atoms with Gasteiger partial charge in [-0.05, 0) is 30.9 Å². The molecule has 2 rings (SSSR count). The van der Waals surface area contributed by atoms with Crippen LogP contribution in [0.2, 0.25) is 0 Å². The zero-order valence-corrected chi connectivity index (χ0v) is 11.3. The second-order valence-corrected chi connectivity index (χ2v) is 5.37. The number of halogens is 3. The smallest absolute Gasteiger partial charge is 0.271 e. The molecule has 0 saturated heterocycles. The molecule has 1 aromatic heterocycles. The normalized spacial score (nSPS) is 19.6. The summed E-state index contributed by atoms with van der Waals surface area (Å²) in [6.45, 7) is 0. The first-order valence-electron chi connectivity index (χ1n) is 7.01. The Morgan fingerprint density at radius 2 is 1.80 bits per heavy atom. The van der Waals surface area contributed by atoms with E-state index in [9.17, 15) is 13.2 Å². The van der Waals surface area contributed by atoms with Crippen LogP contribution in [0.1, 0.15) is 55.8 Å². The van der Waals surface area contributed by atoms with Crippen molar-refractivity contribution in [2.75, 3.05) is 0 Å². The molecule has 0 radical (unpaired) electrons. The van der Waals surface area contributed by atoms with Crippen LogP contribution in [-0.2, 0) is 6.18 Å². The number of hydrogen-bond donors (Lipinski definition) is 2. The lowest BCUT2D eigenvalue weighted by molar-refractivity contribution is -0.137. The van der Waals surface area contributed by atoms with E-state index in [1.807, 2.05) is 0 Å². The largest absolute Gasteiger partial charge is 0.417 e. The molecule has 3 N–H and O–H groups in total. The number of hydrogen-bond acceptors (Lipinski definition) is 3. The highest BCUT2D eigenvalue weighted by atomic mass is 19.4. The molecule has 1 aliphatic rings. The molecule has 1 aliphatic carbocycles. The molecule has 1 atom stereocenters. The number of nitrogens with one attached hydrogen (secondary N) is 1. The number of nitrogens with two attached hydrogens (primary N) is 1. The van der Waals surface area contributed by atoms with E-state index in [1.54, 1.807) is 0 Å². The lowest BCUT2D eigenvalue weighted by Crippen LogP contribution is -2.34. The van der Waals surface area contributed by atoms with Crippen molar-refractivity contribution >= 4 is 0 Å². The summed E-state index contributed by atoms with van der Waals surface area (Å²) in [5, 5.41) is 0. The summed E-state index contributed by atoms with van der Waals surface area (Å²) in [4.78, 5) is 3.96. The van der Waals surface area contributed by atoms with Crippen LogP contribution in [0.15, 0.2) is 18.3 Å². The molecule has 0 aliphatic heterocycles.